The van der Waals surface area contributed by atoms with E-state index in [1.54, 1.807) is 27.7 Å². The molecule has 1 aromatic carbocycles. The molecule has 2 aromatic rings. The molecule has 0 N–H and O–H groups in total. The molecule has 0 aliphatic carbocycles. The number of hydrogen-bond donors (Lipinski definition) is 0. The number of benzene rings is 1. The molecular formula is C23H27N5O7. The van der Waals surface area contributed by atoms with E-state index in [0.717, 1.165) is 4.57 Å². The molecule has 0 saturated carbocycles. The molecule has 2 amide bonds. The Hall–Kier alpha value is -3.96. The highest BCUT2D eigenvalue weighted by molar-refractivity contribution is 6.12. The number of carbonyl (C=O) groups is 2. The Balaban J connectivity index is 2.10. The van der Waals surface area contributed by atoms with Crippen molar-refractivity contribution in [1.29, 1.82) is 0 Å². The van der Waals surface area contributed by atoms with E-state index in [9.17, 15) is 29.3 Å². The molecule has 1 saturated heterocycles. The van der Waals surface area contributed by atoms with E-state index in [2.05, 4.69) is 0 Å². The largest absolute Gasteiger partial charge is 0.450 e. The van der Waals surface area contributed by atoms with Crippen molar-refractivity contribution in [3.8, 4) is 5.88 Å². The third-order valence-electron chi connectivity index (χ3n) is 6.75. The molecule has 2 aliphatic heterocycles. The van der Waals surface area contributed by atoms with Crippen LogP contribution < -0.4 is 16.0 Å². The zero-order valence-electron chi connectivity index (χ0n) is 20.0. The van der Waals surface area contributed by atoms with Gasteiger partial charge < -0.3 is 14.5 Å². The summed E-state index contributed by atoms with van der Waals surface area (Å²) in [4.78, 5) is 68.0. The minimum atomic E-state index is -2.15. The molecule has 0 bridgehead atoms. The van der Waals surface area contributed by atoms with E-state index in [4.69, 9.17) is 4.74 Å². The smallest absolute Gasteiger partial charge is 0.333 e. The first-order chi connectivity index (χ1) is 16.7. The molecule has 1 fully saturated rings. The van der Waals surface area contributed by atoms with E-state index in [0.29, 0.717) is 5.56 Å². The van der Waals surface area contributed by atoms with E-state index < -0.39 is 39.5 Å². The van der Waals surface area contributed by atoms with Crippen molar-refractivity contribution in [2.24, 2.45) is 0 Å². The van der Waals surface area contributed by atoms with Crippen LogP contribution in [0.1, 0.15) is 44.7 Å². The van der Waals surface area contributed by atoms with Crippen LogP contribution in [0.5, 0.6) is 5.88 Å². The van der Waals surface area contributed by atoms with E-state index in [1.165, 1.54) is 38.6 Å². The predicted octanol–water partition coefficient (Wildman–Crippen LogP) is 0.889. The highest BCUT2D eigenvalue weighted by atomic mass is 16.6. The molecule has 1 unspecified atom stereocenters. The molecule has 12 nitrogen and oxygen atoms in total. The van der Waals surface area contributed by atoms with Gasteiger partial charge in [0.25, 0.3) is 28.7 Å². The van der Waals surface area contributed by atoms with Crippen molar-refractivity contribution in [1.82, 2.24) is 18.9 Å². The number of amides is 2. The first kappa shape index (κ1) is 24.2. The summed E-state index contributed by atoms with van der Waals surface area (Å²) in [6, 6.07) is 5.34. The average Bonchev–Trinajstić information content (AvgIpc) is 3.21. The number of nitro groups is 1. The second-order valence-corrected chi connectivity index (χ2v) is 8.38. The van der Waals surface area contributed by atoms with Crippen molar-refractivity contribution in [3.63, 3.8) is 0 Å². The molecule has 0 radical (unpaired) electrons. The number of nitrogens with zero attached hydrogens (tertiary/aromatic N) is 5. The second kappa shape index (κ2) is 8.67. The van der Waals surface area contributed by atoms with Crippen molar-refractivity contribution < 1.29 is 19.2 Å². The van der Waals surface area contributed by atoms with Gasteiger partial charge in [-0.3, -0.25) is 33.6 Å². The normalized spacial score (nSPS) is 18.7. The van der Waals surface area contributed by atoms with Gasteiger partial charge in [0.1, 0.15) is 0 Å². The highest BCUT2D eigenvalue weighted by Crippen LogP contribution is 2.49. The number of nitro benzene ring substituents is 1. The summed E-state index contributed by atoms with van der Waals surface area (Å²) in [5, 5.41) is 11.2. The number of likely N-dealkylation sites (N-methyl/N-ethyl adjacent to an activating group) is 2. The summed E-state index contributed by atoms with van der Waals surface area (Å²) in [6.07, 6.45) is 0. The van der Waals surface area contributed by atoms with Gasteiger partial charge in [-0.25, -0.2) is 4.79 Å². The van der Waals surface area contributed by atoms with Gasteiger partial charge in [-0.05, 0) is 33.3 Å². The lowest BCUT2D eigenvalue weighted by molar-refractivity contribution is -0.384. The zero-order valence-corrected chi connectivity index (χ0v) is 20.0. The Labute approximate surface area is 200 Å². The van der Waals surface area contributed by atoms with Crippen LogP contribution in [0, 0.1) is 10.1 Å². The number of ether oxygens (including phenoxy) is 1. The molecule has 3 heterocycles. The van der Waals surface area contributed by atoms with Gasteiger partial charge in [-0.2, -0.15) is 0 Å². The lowest BCUT2D eigenvalue weighted by Gasteiger charge is -2.45. The molecule has 35 heavy (non-hydrogen) atoms. The maximum absolute atomic E-state index is 13.9. The fourth-order valence-corrected chi connectivity index (χ4v) is 4.94. The summed E-state index contributed by atoms with van der Waals surface area (Å²) in [7, 11) is 0. The van der Waals surface area contributed by atoms with Crippen LogP contribution in [0.4, 0.5) is 5.69 Å². The van der Waals surface area contributed by atoms with Crippen molar-refractivity contribution in [2.45, 2.75) is 52.3 Å². The van der Waals surface area contributed by atoms with Crippen LogP contribution in [0.2, 0.25) is 0 Å². The van der Waals surface area contributed by atoms with Gasteiger partial charge in [-0.15, -0.1) is 0 Å². The fraction of sp³-hybridized carbons (Fsp3) is 0.478. The quantitative estimate of drug-likeness (QED) is 0.337. The van der Waals surface area contributed by atoms with Crippen LogP contribution in [0.3, 0.4) is 0 Å². The number of fused-ring (bicyclic) bond motifs is 1. The standard InChI is InChI=1S/C23H27N5O7/c1-5-24-13-25(6-2)21(31)23(20(24)30)17(14-9-11-15(12-10-14)28(33)34)16-18(29)26(7-3)22(32)27(8-4)19(16)35-23/h9-12,17H,5-8,13H2,1-4H3. The lowest BCUT2D eigenvalue weighted by atomic mass is 9.76. The molecule has 1 aromatic heterocycles. The van der Waals surface area contributed by atoms with Gasteiger partial charge in [0.15, 0.2) is 0 Å². The Kier molecular flexibility index (Phi) is 5.99. The van der Waals surface area contributed by atoms with Crippen molar-refractivity contribution >= 4 is 17.5 Å². The third-order valence-corrected chi connectivity index (χ3v) is 6.75. The molecule has 2 aliphatic rings. The van der Waals surface area contributed by atoms with E-state index >= 15 is 0 Å². The summed E-state index contributed by atoms with van der Waals surface area (Å²) < 4.78 is 8.47. The summed E-state index contributed by atoms with van der Waals surface area (Å²) >= 11 is 0. The van der Waals surface area contributed by atoms with Crippen molar-refractivity contribution in [2.75, 3.05) is 19.8 Å². The molecular weight excluding hydrogens is 458 g/mol. The molecule has 1 atom stereocenters. The van der Waals surface area contributed by atoms with Gasteiger partial charge in [0.2, 0.25) is 5.88 Å². The summed E-state index contributed by atoms with van der Waals surface area (Å²) in [5.74, 6) is -2.56. The van der Waals surface area contributed by atoms with E-state index in [1.807, 2.05) is 0 Å². The maximum Gasteiger partial charge on any atom is 0.333 e. The maximum atomic E-state index is 13.9. The molecule has 4 rings (SSSR count). The minimum absolute atomic E-state index is 0.0119. The molecule has 1 spiro atoms. The number of hydrogen-bond acceptors (Lipinski definition) is 7. The number of aromatic nitrogens is 2. The third kappa shape index (κ3) is 3.27. The highest BCUT2D eigenvalue weighted by Gasteiger charge is 2.66. The monoisotopic (exact) mass is 485 g/mol. The SMILES string of the molecule is CCN1CN(CC)C(=O)C2(Oc3c(c(=O)n(CC)c(=O)n3CC)C2c2ccc([N+](=O)[O-])cc2)C1=O. The van der Waals surface area contributed by atoms with E-state index in [-0.39, 0.29) is 50.0 Å². The first-order valence-corrected chi connectivity index (χ1v) is 11.6. The lowest BCUT2D eigenvalue weighted by Crippen LogP contribution is -2.70. The van der Waals surface area contributed by atoms with Gasteiger partial charge >= 0.3 is 5.69 Å². The van der Waals surface area contributed by atoms with Crippen molar-refractivity contribution in [3.05, 3.63) is 66.3 Å². The number of rotatable bonds is 6. The number of carbonyl (C=O) groups excluding carboxylic acids is 2. The second-order valence-electron chi connectivity index (χ2n) is 8.38. The van der Waals surface area contributed by atoms with Gasteiger partial charge in [0, 0.05) is 38.3 Å². The topological polar surface area (TPSA) is 137 Å². The zero-order chi connectivity index (χ0) is 25.7. The first-order valence-electron chi connectivity index (χ1n) is 11.6. The Morgan fingerprint density at radius 3 is 1.91 bits per heavy atom. The fourth-order valence-electron chi connectivity index (χ4n) is 4.94. The molecule has 186 valence electrons. The van der Waals surface area contributed by atoms with Crippen LogP contribution in [-0.2, 0) is 22.7 Å². The summed E-state index contributed by atoms with van der Waals surface area (Å²) in [5.41, 5.74) is -3.26. The van der Waals surface area contributed by atoms with Crippen LogP contribution in [0.15, 0.2) is 33.9 Å². The number of non-ortho nitro benzene ring substituents is 1. The Bertz CT molecular complexity index is 1310. The van der Waals surface area contributed by atoms with Gasteiger partial charge in [-0.1, -0.05) is 12.1 Å². The Morgan fingerprint density at radius 2 is 1.46 bits per heavy atom. The van der Waals surface area contributed by atoms with Crippen LogP contribution >= 0.6 is 0 Å². The van der Waals surface area contributed by atoms with Gasteiger partial charge in [0.05, 0.1) is 23.1 Å². The average molecular weight is 485 g/mol. The predicted molar refractivity (Wildman–Crippen MR) is 124 cm³/mol. The molecule has 12 heteroatoms. The van der Waals surface area contributed by atoms with Crippen LogP contribution in [0.25, 0.3) is 0 Å². The van der Waals surface area contributed by atoms with Crippen LogP contribution in [-0.4, -0.2) is 61.0 Å². The summed E-state index contributed by atoms with van der Waals surface area (Å²) in [6.45, 7) is 7.75. The minimum Gasteiger partial charge on any atom is -0.450 e. The Morgan fingerprint density at radius 1 is 0.914 bits per heavy atom.